The van der Waals surface area contributed by atoms with Crippen LogP contribution in [0.4, 0.5) is 0 Å². The number of hydrogen-bond acceptors (Lipinski definition) is 7. The third-order valence-corrected chi connectivity index (χ3v) is 7.57. The van der Waals surface area contributed by atoms with Gasteiger partial charge in [0.05, 0.1) is 12.3 Å². The quantitative estimate of drug-likeness (QED) is 0.681. The van der Waals surface area contributed by atoms with Crippen molar-refractivity contribution in [3.05, 3.63) is 69.7 Å². The second kappa shape index (κ2) is 7.78. The molecule has 2 aliphatic rings. The highest BCUT2D eigenvalue weighted by Crippen LogP contribution is 2.23. The van der Waals surface area contributed by atoms with E-state index >= 15 is 0 Å². The monoisotopic (exact) mass is 450 g/mol. The third-order valence-electron chi connectivity index (χ3n) is 4.81. The lowest BCUT2D eigenvalue weighted by molar-refractivity contribution is 0.106. The Hall–Kier alpha value is -2.42. The minimum absolute atomic E-state index is 0.0332. The molecule has 0 fully saturated rings. The number of benzene rings is 2. The van der Waals surface area contributed by atoms with E-state index in [4.69, 9.17) is 23.2 Å². The molecule has 0 aliphatic carbocycles. The predicted octanol–water partition coefficient (Wildman–Crippen LogP) is 2.64. The second-order valence-corrected chi connectivity index (χ2v) is 9.85. The largest absolute Gasteiger partial charge is 0.308 e. The van der Waals surface area contributed by atoms with Crippen LogP contribution < -0.4 is 10.9 Å². The molecular weight excluding hydrogens is 435 g/mol. The van der Waals surface area contributed by atoms with Crippen molar-refractivity contribution < 1.29 is 13.2 Å². The molecule has 2 aromatic carbocycles. The van der Waals surface area contributed by atoms with Gasteiger partial charge in [0, 0.05) is 22.0 Å². The summed E-state index contributed by atoms with van der Waals surface area (Å²) < 4.78 is 26.4. The summed E-state index contributed by atoms with van der Waals surface area (Å²) in [5, 5.41) is 7.20. The summed E-state index contributed by atoms with van der Waals surface area (Å²) in [6.07, 6.45) is 0.183. The molecule has 0 unspecified atom stereocenters. The first-order valence-electron chi connectivity index (χ1n) is 8.77. The molecule has 2 aliphatic heterocycles. The molecule has 29 heavy (non-hydrogen) atoms. The number of hydrazone groups is 2. The highest BCUT2D eigenvalue weighted by Gasteiger charge is 2.44. The number of rotatable bonds is 5. The smallest absolute Gasteiger partial charge is 0.210 e. The average molecular weight is 451 g/mol. The van der Waals surface area contributed by atoms with Crippen LogP contribution in [0.5, 0.6) is 0 Å². The van der Waals surface area contributed by atoms with Crippen molar-refractivity contribution in [3.63, 3.8) is 0 Å². The van der Waals surface area contributed by atoms with E-state index in [1.807, 2.05) is 0 Å². The van der Waals surface area contributed by atoms with Crippen LogP contribution >= 0.6 is 23.2 Å². The molecule has 0 spiro atoms. The number of carbonyl (C=O) groups is 1. The molecule has 0 saturated heterocycles. The Morgan fingerprint density at radius 1 is 0.966 bits per heavy atom. The lowest BCUT2D eigenvalue weighted by atomic mass is 10.1. The van der Waals surface area contributed by atoms with Gasteiger partial charge in [-0.25, -0.2) is 8.42 Å². The number of ketones is 1. The number of hydrogen-bond donors (Lipinski definition) is 2. The Kier molecular flexibility index (Phi) is 5.33. The van der Waals surface area contributed by atoms with Crippen LogP contribution in [0.15, 0.2) is 58.7 Å². The van der Waals surface area contributed by atoms with Gasteiger partial charge in [0.15, 0.2) is 15.2 Å². The average Bonchev–Trinajstić information content (AvgIpc) is 3.39. The zero-order valence-electron chi connectivity index (χ0n) is 15.0. The molecule has 10 heteroatoms. The normalized spacial score (nSPS) is 21.2. The zero-order valence-corrected chi connectivity index (χ0v) is 17.3. The van der Waals surface area contributed by atoms with Crippen LogP contribution in [0, 0.1) is 0 Å². The molecule has 7 nitrogen and oxygen atoms in total. The van der Waals surface area contributed by atoms with Crippen LogP contribution in [-0.4, -0.2) is 42.8 Å². The van der Waals surface area contributed by atoms with Crippen molar-refractivity contribution in [1.29, 1.82) is 0 Å². The van der Waals surface area contributed by atoms with Crippen LogP contribution in [0.3, 0.4) is 0 Å². The Balaban J connectivity index is 1.53. The minimum Gasteiger partial charge on any atom is -0.308 e. The maximum Gasteiger partial charge on any atom is 0.210 e. The zero-order chi connectivity index (χ0) is 20.6. The van der Waals surface area contributed by atoms with E-state index < -0.39 is 26.2 Å². The van der Waals surface area contributed by atoms with E-state index in [2.05, 4.69) is 21.1 Å². The van der Waals surface area contributed by atoms with Gasteiger partial charge in [0.25, 0.3) is 0 Å². The van der Waals surface area contributed by atoms with Gasteiger partial charge in [-0.2, -0.15) is 10.2 Å². The van der Waals surface area contributed by atoms with Crippen LogP contribution in [0.2, 0.25) is 10.0 Å². The highest BCUT2D eigenvalue weighted by molar-refractivity contribution is 7.93. The molecule has 0 bridgehead atoms. The van der Waals surface area contributed by atoms with Crippen molar-refractivity contribution >= 4 is 50.2 Å². The highest BCUT2D eigenvalue weighted by atomic mass is 35.5. The SMILES string of the molecule is O=C(C1=NNC[C@H]1S(=O)(=O)[C@@H]1CC(c2ccc(Cl)cc2)=NN1)c1ccc(Cl)cc1. The van der Waals surface area contributed by atoms with E-state index in [1.165, 1.54) is 0 Å². The van der Waals surface area contributed by atoms with Crippen molar-refractivity contribution in [2.75, 3.05) is 6.54 Å². The van der Waals surface area contributed by atoms with Gasteiger partial charge in [-0.05, 0) is 42.0 Å². The van der Waals surface area contributed by atoms with Gasteiger partial charge in [0.1, 0.15) is 11.0 Å². The first-order valence-corrected chi connectivity index (χ1v) is 11.1. The number of carbonyl (C=O) groups excluding carboxylic acids is 1. The van der Waals surface area contributed by atoms with Crippen LogP contribution in [0.1, 0.15) is 22.3 Å². The molecule has 2 heterocycles. The Morgan fingerprint density at radius 2 is 1.59 bits per heavy atom. The van der Waals surface area contributed by atoms with E-state index in [-0.39, 0.29) is 18.7 Å². The number of sulfone groups is 1. The summed E-state index contributed by atoms with van der Waals surface area (Å²) in [7, 11) is -3.79. The number of Topliss-reactive ketones (excluding diaryl/α,β-unsaturated/α-hetero) is 1. The fraction of sp³-hybridized carbons (Fsp3) is 0.211. The van der Waals surface area contributed by atoms with E-state index in [1.54, 1.807) is 48.5 Å². The van der Waals surface area contributed by atoms with Crippen molar-refractivity contribution in [1.82, 2.24) is 10.9 Å². The first-order chi connectivity index (χ1) is 13.9. The van der Waals surface area contributed by atoms with Gasteiger partial charge < -0.3 is 5.43 Å². The van der Waals surface area contributed by atoms with Crippen LogP contribution in [0.25, 0.3) is 0 Å². The van der Waals surface area contributed by atoms with E-state index in [0.717, 1.165) is 5.56 Å². The molecule has 0 amide bonds. The van der Waals surface area contributed by atoms with Crippen molar-refractivity contribution in [3.8, 4) is 0 Å². The third kappa shape index (κ3) is 3.88. The second-order valence-electron chi connectivity index (χ2n) is 6.66. The molecule has 2 N–H and O–H groups in total. The van der Waals surface area contributed by atoms with Crippen molar-refractivity contribution in [2.24, 2.45) is 10.2 Å². The summed E-state index contributed by atoms with van der Waals surface area (Å²) in [5.74, 6) is -0.447. The van der Waals surface area contributed by atoms with E-state index in [0.29, 0.717) is 21.3 Å². The van der Waals surface area contributed by atoms with Crippen LogP contribution in [-0.2, 0) is 9.84 Å². The fourth-order valence-corrected chi connectivity index (χ4v) is 5.25. The molecular formula is C19H16Cl2N4O3S. The molecule has 0 radical (unpaired) electrons. The van der Waals surface area contributed by atoms with Gasteiger partial charge in [-0.15, -0.1) is 0 Å². The minimum atomic E-state index is -3.79. The standard InChI is InChI=1S/C19H16Cl2N4O3S/c20-13-5-1-11(2-6-13)15-9-17(24-23-15)29(27,28)16-10-22-25-18(16)19(26)12-3-7-14(21)8-4-12/h1-8,16-17,22,24H,9-10H2/t16-,17-/m1/s1. The van der Waals surface area contributed by atoms with Gasteiger partial charge in [0.2, 0.25) is 5.78 Å². The summed E-state index contributed by atoms with van der Waals surface area (Å²) in [6.45, 7) is 0.0332. The molecule has 2 aromatic rings. The molecule has 150 valence electrons. The number of halogens is 2. The summed E-state index contributed by atoms with van der Waals surface area (Å²) in [5.41, 5.74) is 7.04. The summed E-state index contributed by atoms with van der Waals surface area (Å²) >= 11 is 11.8. The lowest BCUT2D eigenvalue weighted by Crippen LogP contribution is -2.44. The molecule has 2 atom stereocenters. The topological polar surface area (TPSA) is 100.0 Å². The first kappa shape index (κ1) is 19.9. The van der Waals surface area contributed by atoms with Gasteiger partial charge in [-0.3, -0.25) is 10.2 Å². The Labute approximate surface area is 177 Å². The molecule has 0 saturated carbocycles. The fourth-order valence-electron chi connectivity index (χ4n) is 3.23. The Bertz CT molecular complexity index is 1110. The van der Waals surface area contributed by atoms with E-state index in [9.17, 15) is 13.2 Å². The summed E-state index contributed by atoms with van der Waals surface area (Å²) in [6, 6.07) is 13.3. The van der Waals surface area contributed by atoms with Crippen molar-refractivity contribution in [2.45, 2.75) is 17.0 Å². The number of nitrogens with one attached hydrogen (secondary N) is 2. The van der Waals surface area contributed by atoms with Gasteiger partial charge >= 0.3 is 0 Å². The lowest BCUT2D eigenvalue weighted by Gasteiger charge is -2.17. The van der Waals surface area contributed by atoms with Gasteiger partial charge in [-0.1, -0.05) is 35.3 Å². The maximum atomic E-state index is 13.2. The Morgan fingerprint density at radius 3 is 2.24 bits per heavy atom. The number of nitrogens with zero attached hydrogens (tertiary/aromatic N) is 2. The summed E-state index contributed by atoms with van der Waals surface area (Å²) in [4.78, 5) is 12.8. The predicted molar refractivity (Wildman–Crippen MR) is 113 cm³/mol. The molecule has 0 aromatic heterocycles. The molecule has 4 rings (SSSR count). The maximum absolute atomic E-state index is 13.2.